The van der Waals surface area contributed by atoms with Crippen molar-refractivity contribution in [2.45, 2.75) is 82.4 Å². The molecule has 2 aliphatic rings. The predicted octanol–water partition coefficient (Wildman–Crippen LogP) is 3.35. The molecule has 1 aromatic rings. The molecule has 1 atom stereocenters. The van der Waals surface area contributed by atoms with Crippen molar-refractivity contribution in [3.63, 3.8) is 0 Å². The van der Waals surface area contributed by atoms with Gasteiger partial charge in [-0.2, -0.15) is 0 Å². The van der Waals surface area contributed by atoms with Crippen LogP contribution in [0.2, 0.25) is 0 Å². The van der Waals surface area contributed by atoms with Crippen LogP contribution in [0.5, 0.6) is 0 Å². The van der Waals surface area contributed by atoms with E-state index in [1.54, 1.807) is 12.3 Å². The minimum atomic E-state index is -1.06. The number of carboxylic acid groups (broad SMARTS) is 1. The normalized spacial score (nSPS) is 19.8. The fourth-order valence-corrected chi connectivity index (χ4v) is 4.61. The van der Waals surface area contributed by atoms with Gasteiger partial charge in [0.1, 0.15) is 11.2 Å². The second-order valence-electron chi connectivity index (χ2n) is 9.52. The number of hydrogen-bond donors (Lipinski definition) is 2. The van der Waals surface area contributed by atoms with Crippen LogP contribution in [0.3, 0.4) is 0 Å². The fourth-order valence-electron chi connectivity index (χ4n) is 4.61. The first-order chi connectivity index (χ1) is 15.8. The molecule has 0 radical (unpaired) electrons. The summed E-state index contributed by atoms with van der Waals surface area (Å²) in [7, 11) is 2.00. The summed E-state index contributed by atoms with van der Waals surface area (Å²) >= 11 is 0. The number of hydrogen-bond acceptors (Lipinski definition) is 6. The number of rotatable bonds is 13. The Bertz CT molecular complexity index is 788. The molecule has 3 rings (SSSR count). The molecular weight excluding hydrogens is 422 g/mol. The van der Waals surface area contributed by atoms with Crippen molar-refractivity contribution in [2.24, 2.45) is 0 Å². The number of ether oxygens (including phenoxy) is 2. The van der Waals surface area contributed by atoms with Gasteiger partial charge >= 0.3 is 5.97 Å². The Balaban J connectivity index is 1.62. The first kappa shape index (κ1) is 25.6. The van der Waals surface area contributed by atoms with E-state index in [-0.39, 0.29) is 17.7 Å². The highest BCUT2D eigenvalue weighted by atomic mass is 16.5. The molecule has 8 nitrogen and oxygen atoms in total. The number of aromatic nitrogens is 1. The molecule has 0 bridgehead atoms. The van der Waals surface area contributed by atoms with Crippen LogP contribution in [0.25, 0.3) is 0 Å². The Kier molecular flexibility index (Phi) is 8.84. The molecule has 1 aliphatic heterocycles. The third-order valence-electron chi connectivity index (χ3n) is 7.15. The molecule has 184 valence electrons. The Hall–Kier alpha value is -2.03. The Labute approximate surface area is 197 Å². The van der Waals surface area contributed by atoms with E-state index < -0.39 is 17.0 Å². The maximum Gasteiger partial charge on any atom is 0.354 e. The molecule has 2 heterocycles. The molecule has 0 aromatic carbocycles. The molecule has 8 heteroatoms. The quantitative estimate of drug-likeness (QED) is 0.435. The largest absolute Gasteiger partial charge is 0.477 e. The highest BCUT2D eigenvalue weighted by molar-refractivity contribution is 5.88. The van der Waals surface area contributed by atoms with Gasteiger partial charge in [-0.3, -0.25) is 9.69 Å². The zero-order valence-electron chi connectivity index (χ0n) is 20.3. The SMILES string of the molecule is CCCCCC(C)OCCN(C)C1(C(=O)NC2(c3ccc(C(=O)O)nc3)CC2)CCOCC1. The van der Waals surface area contributed by atoms with Crippen LogP contribution in [0, 0.1) is 0 Å². The summed E-state index contributed by atoms with van der Waals surface area (Å²) in [4.78, 5) is 31.0. The van der Waals surface area contributed by atoms with Gasteiger partial charge in [0.05, 0.1) is 18.2 Å². The molecule has 1 saturated carbocycles. The average Bonchev–Trinajstić information content (AvgIpc) is 3.60. The van der Waals surface area contributed by atoms with Crippen LogP contribution >= 0.6 is 0 Å². The van der Waals surface area contributed by atoms with E-state index in [0.29, 0.717) is 39.2 Å². The molecule has 1 unspecified atom stereocenters. The van der Waals surface area contributed by atoms with Crippen LogP contribution in [0.1, 0.15) is 81.3 Å². The number of aromatic carboxylic acids is 1. The second-order valence-corrected chi connectivity index (χ2v) is 9.52. The molecule has 33 heavy (non-hydrogen) atoms. The summed E-state index contributed by atoms with van der Waals surface area (Å²) in [5.74, 6) is -1.05. The highest BCUT2D eigenvalue weighted by Gasteiger charge is 2.51. The standard InChI is InChI=1S/C25H39N3O5/c1-4-5-6-7-19(2)33-17-14-28(3)25(12-15-32-16-13-25)23(31)27-24(10-11-24)20-8-9-21(22(29)30)26-18-20/h8-9,18-19H,4-7,10-17H2,1-3H3,(H,27,31)(H,29,30). The number of carbonyl (C=O) groups is 2. The van der Waals surface area contributed by atoms with E-state index in [9.17, 15) is 9.59 Å². The lowest BCUT2D eigenvalue weighted by Gasteiger charge is -2.44. The molecule has 0 spiro atoms. The lowest BCUT2D eigenvalue weighted by molar-refractivity contribution is -0.141. The van der Waals surface area contributed by atoms with Crippen molar-refractivity contribution in [3.05, 3.63) is 29.6 Å². The average molecular weight is 462 g/mol. The van der Waals surface area contributed by atoms with Gasteiger partial charge in [0.25, 0.3) is 0 Å². The van der Waals surface area contributed by atoms with E-state index in [4.69, 9.17) is 14.6 Å². The van der Waals surface area contributed by atoms with E-state index in [0.717, 1.165) is 24.8 Å². The van der Waals surface area contributed by atoms with Crippen molar-refractivity contribution < 1.29 is 24.2 Å². The van der Waals surface area contributed by atoms with Gasteiger partial charge < -0.3 is 19.9 Å². The maximum absolute atomic E-state index is 13.7. The third kappa shape index (κ3) is 6.31. The van der Waals surface area contributed by atoms with E-state index >= 15 is 0 Å². The monoisotopic (exact) mass is 461 g/mol. The van der Waals surface area contributed by atoms with Crippen molar-refractivity contribution in [2.75, 3.05) is 33.4 Å². The molecule has 1 aliphatic carbocycles. The van der Waals surface area contributed by atoms with Crippen molar-refractivity contribution in [1.29, 1.82) is 0 Å². The van der Waals surface area contributed by atoms with Crippen molar-refractivity contribution in [3.8, 4) is 0 Å². The Morgan fingerprint density at radius 2 is 1.97 bits per heavy atom. The van der Waals surface area contributed by atoms with E-state index in [1.807, 2.05) is 7.05 Å². The van der Waals surface area contributed by atoms with Gasteiger partial charge in [-0.15, -0.1) is 0 Å². The summed E-state index contributed by atoms with van der Waals surface area (Å²) in [6, 6.07) is 3.26. The van der Waals surface area contributed by atoms with Crippen molar-refractivity contribution in [1.82, 2.24) is 15.2 Å². The number of amides is 1. The lowest BCUT2D eigenvalue weighted by atomic mass is 9.86. The van der Waals surface area contributed by atoms with Crippen LogP contribution in [-0.2, 0) is 19.8 Å². The Morgan fingerprint density at radius 3 is 2.55 bits per heavy atom. The lowest BCUT2D eigenvalue weighted by Crippen LogP contribution is -2.62. The number of pyridine rings is 1. The number of likely N-dealkylation sites (N-methyl/N-ethyl adjacent to an activating group) is 1. The van der Waals surface area contributed by atoms with E-state index in [2.05, 4.69) is 29.0 Å². The zero-order valence-corrected chi connectivity index (χ0v) is 20.3. The van der Waals surface area contributed by atoms with Gasteiger partial charge in [-0.25, -0.2) is 9.78 Å². The summed E-state index contributed by atoms with van der Waals surface area (Å²) in [5.41, 5.74) is -0.241. The smallest absolute Gasteiger partial charge is 0.354 e. The van der Waals surface area contributed by atoms with Gasteiger partial charge in [-0.1, -0.05) is 32.3 Å². The van der Waals surface area contributed by atoms with Crippen LogP contribution in [-0.4, -0.2) is 71.9 Å². The molecule has 1 saturated heterocycles. The number of carboxylic acids is 1. The molecule has 1 amide bonds. The van der Waals surface area contributed by atoms with Crippen LogP contribution in [0.15, 0.2) is 18.3 Å². The summed E-state index contributed by atoms with van der Waals surface area (Å²) in [6.45, 7) is 6.68. The molecular formula is C25H39N3O5. The van der Waals surface area contributed by atoms with Gasteiger partial charge in [0.2, 0.25) is 5.91 Å². The Morgan fingerprint density at radius 1 is 1.24 bits per heavy atom. The van der Waals surface area contributed by atoms with Crippen LogP contribution in [0.4, 0.5) is 0 Å². The summed E-state index contributed by atoms with van der Waals surface area (Å²) in [6.07, 6.45) is 9.38. The third-order valence-corrected chi connectivity index (χ3v) is 7.15. The summed E-state index contributed by atoms with van der Waals surface area (Å²) in [5, 5.41) is 12.4. The minimum Gasteiger partial charge on any atom is -0.477 e. The molecule has 2 fully saturated rings. The number of carbonyl (C=O) groups excluding carboxylic acids is 1. The topological polar surface area (TPSA) is 101 Å². The van der Waals surface area contributed by atoms with Gasteiger partial charge in [0, 0.05) is 26.0 Å². The second kappa shape index (κ2) is 11.4. The predicted molar refractivity (Wildman–Crippen MR) is 125 cm³/mol. The summed E-state index contributed by atoms with van der Waals surface area (Å²) < 4.78 is 11.6. The maximum atomic E-state index is 13.7. The first-order valence-corrected chi connectivity index (χ1v) is 12.3. The van der Waals surface area contributed by atoms with Gasteiger partial charge in [-0.05, 0) is 57.7 Å². The zero-order chi connectivity index (χ0) is 23.9. The highest BCUT2D eigenvalue weighted by Crippen LogP contribution is 2.46. The fraction of sp³-hybridized carbons (Fsp3) is 0.720. The van der Waals surface area contributed by atoms with Gasteiger partial charge in [0.15, 0.2) is 0 Å². The first-order valence-electron chi connectivity index (χ1n) is 12.3. The molecule has 1 aromatic heterocycles. The number of nitrogens with zero attached hydrogens (tertiary/aromatic N) is 2. The van der Waals surface area contributed by atoms with Crippen LogP contribution < -0.4 is 5.32 Å². The number of nitrogens with one attached hydrogen (secondary N) is 1. The van der Waals surface area contributed by atoms with Crippen molar-refractivity contribution >= 4 is 11.9 Å². The molecule has 2 N–H and O–H groups in total. The minimum absolute atomic E-state index is 0.00380. The van der Waals surface area contributed by atoms with E-state index in [1.165, 1.54) is 25.3 Å². The number of unbranched alkanes of at least 4 members (excludes halogenated alkanes) is 2.